The van der Waals surface area contributed by atoms with Gasteiger partial charge in [-0.05, 0) is 73.9 Å². The Morgan fingerprint density at radius 1 is 1.10 bits per heavy atom. The largest absolute Gasteiger partial charge is 0.437 e. The molecule has 1 aromatic carbocycles. The van der Waals surface area contributed by atoms with Gasteiger partial charge >= 0.3 is 0 Å². The van der Waals surface area contributed by atoms with E-state index in [1.165, 1.54) is 24.0 Å². The van der Waals surface area contributed by atoms with Crippen LogP contribution in [0.5, 0.6) is 0 Å². The predicted octanol–water partition coefficient (Wildman–Crippen LogP) is 7.37. The smallest absolute Gasteiger partial charge is 0.227 e. The van der Waals surface area contributed by atoms with Crippen LogP contribution < -0.4 is 0 Å². The van der Waals surface area contributed by atoms with Gasteiger partial charge in [0.05, 0.1) is 11.4 Å². The van der Waals surface area contributed by atoms with E-state index in [0.29, 0.717) is 11.8 Å². The molecular weight excluding hydrogens is 368 g/mol. The Morgan fingerprint density at radius 3 is 2.77 bits per heavy atom. The summed E-state index contributed by atoms with van der Waals surface area (Å²) in [7, 11) is 0. The van der Waals surface area contributed by atoms with Gasteiger partial charge in [-0.15, -0.1) is 0 Å². The van der Waals surface area contributed by atoms with E-state index in [2.05, 4.69) is 69.3 Å². The average Bonchev–Trinajstić information content (AvgIpc) is 3.11. The number of hydrogen-bond donors (Lipinski definition) is 0. The van der Waals surface area contributed by atoms with Crippen molar-refractivity contribution in [3.05, 3.63) is 71.6 Å². The van der Waals surface area contributed by atoms with Crippen LogP contribution in [0.25, 0.3) is 33.3 Å². The number of aryl methyl sites for hydroxylation is 1. The van der Waals surface area contributed by atoms with Crippen molar-refractivity contribution in [3.63, 3.8) is 0 Å². The van der Waals surface area contributed by atoms with E-state index in [1.807, 2.05) is 6.20 Å². The fourth-order valence-electron chi connectivity index (χ4n) is 4.63. The minimum absolute atomic E-state index is 0.395. The van der Waals surface area contributed by atoms with Crippen LogP contribution >= 0.6 is 0 Å². The van der Waals surface area contributed by atoms with Crippen molar-refractivity contribution in [2.24, 2.45) is 5.92 Å². The summed E-state index contributed by atoms with van der Waals surface area (Å²) < 4.78 is 6.40. The second-order valence-corrected chi connectivity index (χ2v) is 8.94. The molecule has 0 bridgehead atoms. The summed E-state index contributed by atoms with van der Waals surface area (Å²) in [6.07, 6.45) is 11.1. The van der Waals surface area contributed by atoms with Crippen LogP contribution in [0.4, 0.5) is 0 Å². The first kappa shape index (κ1) is 19.0. The van der Waals surface area contributed by atoms with Crippen molar-refractivity contribution in [1.82, 2.24) is 9.97 Å². The quantitative estimate of drug-likeness (QED) is 0.338. The molecular formula is C27H28N2O. The molecule has 1 aliphatic rings. The zero-order valence-corrected chi connectivity index (χ0v) is 18.0. The van der Waals surface area contributed by atoms with Gasteiger partial charge in [0.1, 0.15) is 5.58 Å². The maximum absolute atomic E-state index is 6.40. The molecule has 0 spiro atoms. The number of hydrogen-bond acceptors (Lipinski definition) is 3. The molecule has 1 atom stereocenters. The fourth-order valence-corrected chi connectivity index (χ4v) is 4.63. The Bertz CT molecular complexity index is 1250. The van der Waals surface area contributed by atoms with Crippen LogP contribution in [-0.2, 0) is 6.42 Å². The number of benzene rings is 1. The van der Waals surface area contributed by atoms with E-state index in [-0.39, 0.29) is 0 Å². The molecule has 3 heterocycles. The van der Waals surface area contributed by atoms with Gasteiger partial charge in [-0.3, -0.25) is 4.98 Å². The standard InChI is InChI=1S/C27H28N2O/c1-17(2)15-19-13-14-28-24(16-19)25-18(3)9-10-21-22-11-12-23(20-7-5-4-6-8-20)29-27(22)30-26(21)25/h5,7,9-14,16-17,20H,4,6,8,15H2,1-3H3. The lowest BCUT2D eigenvalue weighted by molar-refractivity contribution is 0.624. The maximum atomic E-state index is 6.40. The number of rotatable bonds is 4. The third kappa shape index (κ3) is 3.43. The van der Waals surface area contributed by atoms with Crippen molar-refractivity contribution in [1.29, 1.82) is 0 Å². The SMILES string of the molecule is Cc1ccc2c(oc3nc(C4C=CCCC4)ccc32)c1-c1cc(CC(C)C)ccn1. The van der Waals surface area contributed by atoms with Gasteiger partial charge in [0.15, 0.2) is 0 Å². The van der Waals surface area contributed by atoms with Crippen LogP contribution in [0.3, 0.4) is 0 Å². The number of allylic oxidation sites excluding steroid dienone is 2. The van der Waals surface area contributed by atoms with Gasteiger partial charge in [0.2, 0.25) is 5.71 Å². The van der Waals surface area contributed by atoms with Crippen LogP contribution in [0.1, 0.15) is 55.8 Å². The zero-order valence-electron chi connectivity index (χ0n) is 18.0. The fraction of sp³-hybridized carbons (Fsp3) is 0.333. The van der Waals surface area contributed by atoms with Crippen LogP contribution in [0.15, 0.2) is 59.2 Å². The van der Waals surface area contributed by atoms with Crippen LogP contribution in [0.2, 0.25) is 0 Å². The lowest BCUT2D eigenvalue weighted by Crippen LogP contribution is -2.01. The summed E-state index contributed by atoms with van der Waals surface area (Å²) in [5.41, 5.74) is 7.27. The summed E-state index contributed by atoms with van der Waals surface area (Å²) in [5.74, 6) is 1.01. The van der Waals surface area contributed by atoms with Crippen LogP contribution in [0, 0.1) is 12.8 Å². The molecule has 3 heteroatoms. The minimum atomic E-state index is 0.395. The zero-order chi connectivity index (χ0) is 20.7. The third-order valence-corrected chi connectivity index (χ3v) is 6.10. The summed E-state index contributed by atoms with van der Waals surface area (Å²) in [5, 5.41) is 2.19. The third-order valence-electron chi connectivity index (χ3n) is 6.10. The van der Waals surface area contributed by atoms with Crippen LogP contribution in [-0.4, -0.2) is 9.97 Å². The van der Waals surface area contributed by atoms with Gasteiger partial charge < -0.3 is 4.42 Å². The van der Waals surface area contributed by atoms with E-state index in [9.17, 15) is 0 Å². The molecule has 0 amide bonds. The Morgan fingerprint density at radius 2 is 1.97 bits per heavy atom. The maximum Gasteiger partial charge on any atom is 0.227 e. The first-order valence-corrected chi connectivity index (χ1v) is 11.0. The first-order valence-electron chi connectivity index (χ1n) is 11.0. The molecule has 0 saturated heterocycles. The number of nitrogens with zero attached hydrogens (tertiary/aromatic N) is 2. The normalized spacial score (nSPS) is 16.7. The van der Waals surface area contributed by atoms with Gasteiger partial charge in [0, 0.05) is 28.5 Å². The molecule has 0 fully saturated rings. The van der Waals surface area contributed by atoms with Gasteiger partial charge in [-0.25, -0.2) is 4.98 Å². The first-order chi connectivity index (χ1) is 14.6. The molecule has 0 aliphatic heterocycles. The topological polar surface area (TPSA) is 38.9 Å². The second kappa shape index (κ2) is 7.71. The highest BCUT2D eigenvalue weighted by Crippen LogP contribution is 2.38. The van der Waals surface area contributed by atoms with Crippen molar-refractivity contribution < 1.29 is 4.42 Å². The average molecular weight is 397 g/mol. The summed E-state index contributed by atoms with van der Waals surface area (Å²) in [6, 6.07) is 13.0. The van der Waals surface area contributed by atoms with Crippen molar-refractivity contribution in [3.8, 4) is 11.3 Å². The molecule has 5 rings (SSSR count). The second-order valence-electron chi connectivity index (χ2n) is 8.94. The summed E-state index contributed by atoms with van der Waals surface area (Å²) in [4.78, 5) is 9.62. The summed E-state index contributed by atoms with van der Waals surface area (Å²) in [6.45, 7) is 6.62. The van der Waals surface area contributed by atoms with Gasteiger partial charge in [-0.2, -0.15) is 0 Å². The van der Waals surface area contributed by atoms with E-state index in [4.69, 9.17) is 14.4 Å². The Balaban J connectivity index is 1.66. The van der Waals surface area contributed by atoms with Gasteiger partial charge in [0.25, 0.3) is 0 Å². The highest BCUT2D eigenvalue weighted by Gasteiger charge is 2.19. The lowest BCUT2D eigenvalue weighted by atomic mass is 9.92. The molecule has 0 saturated carbocycles. The van der Waals surface area contributed by atoms with E-state index >= 15 is 0 Å². The predicted molar refractivity (Wildman–Crippen MR) is 124 cm³/mol. The lowest BCUT2D eigenvalue weighted by Gasteiger charge is -2.15. The van der Waals surface area contributed by atoms with E-state index in [1.54, 1.807) is 0 Å². The van der Waals surface area contributed by atoms with E-state index < -0.39 is 0 Å². The molecule has 1 aliphatic carbocycles. The van der Waals surface area contributed by atoms with Crippen molar-refractivity contribution in [2.75, 3.05) is 0 Å². The minimum Gasteiger partial charge on any atom is -0.437 e. The number of fused-ring (bicyclic) bond motifs is 3. The molecule has 3 aromatic heterocycles. The van der Waals surface area contributed by atoms with Gasteiger partial charge in [-0.1, -0.05) is 38.1 Å². The summed E-state index contributed by atoms with van der Waals surface area (Å²) >= 11 is 0. The number of furan rings is 1. The van der Waals surface area contributed by atoms with Crippen molar-refractivity contribution in [2.45, 2.75) is 52.4 Å². The highest BCUT2D eigenvalue weighted by atomic mass is 16.3. The Kier molecular flexibility index (Phi) is 4.90. The molecule has 4 aromatic rings. The molecule has 152 valence electrons. The Hall–Kier alpha value is -2.94. The number of pyridine rings is 2. The molecule has 1 unspecified atom stereocenters. The molecule has 3 nitrogen and oxygen atoms in total. The monoisotopic (exact) mass is 396 g/mol. The molecule has 30 heavy (non-hydrogen) atoms. The molecule has 0 radical (unpaired) electrons. The van der Waals surface area contributed by atoms with Crippen molar-refractivity contribution >= 4 is 22.1 Å². The van der Waals surface area contributed by atoms with E-state index in [0.717, 1.165) is 51.9 Å². The number of aromatic nitrogens is 2. The Labute approximate surface area is 177 Å². The molecule has 0 N–H and O–H groups in total. The highest BCUT2D eigenvalue weighted by molar-refractivity contribution is 6.09.